The van der Waals surface area contributed by atoms with Gasteiger partial charge in [-0.25, -0.2) is 22.3 Å². The number of anilines is 1. The van der Waals surface area contributed by atoms with Crippen LogP contribution in [0.15, 0.2) is 53.4 Å². The highest BCUT2D eigenvalue weighted by Crippen LogP contribution is 2.20. The Morgan fingerprint density at radius 2 is 1.83 bits per heavy atom. The molecule has 1 aliphatic heterocycles. The average Bonchev–Trinajstić information content (AvgIpc) is 2.74. The van der Waals surface area contributed by atoms with Crippen molar-refractivity contribution in [3.8, 4) is 0 Å². The fraction of sp³-hybridized carbons (Fsp3) is 0.316. The lowest BCUT2D eigenvalue weighted by molar-refractivity contribution is -0.385. The molecule has 1 fully saturated rings. The first-order chi connectivity index (χ1) is 14.2. The molecule has 11 heteroatoms. The Balaban J connectivity index is 1.49. The molecule has 1 saturated heterocycles. The van der Waals surface area contributed by atoms with Gasteiger partial charge in [-0.15, -0.1) is 0 Å². The number of nitrogens with one attached hydrogen (secondary N) is 2. The van der Waals surface area contributed by atoms with Crippen molar-refractivity contribution in [2.75, 3.05) is 25.0 Å². The number of likely N-dealkylation sites (tertiary alicyclic amines) is 1. The average molecular weight is 436 g/mol. The number of rotatable bonds is 6. The van der Waals surface area contributed by atoms with E-state index < -0.39 is 14.9 Å². The molecular formula is C19H21FN4O5S. The lowest BCUT2D eigenvalue weighted by atomic mass is 9.97. The second kappa shape index (κ2) is 9.18. The van der Waals surface area contributed by atoms with Crippen LogP contribution in [0.1, 0.15) is 12.8 Å². The van der Waals surface area contributed by atoms with Gasteiger partial charge in [0.15, 0.2) is 0 Å². The Bertz CT molecular complexity index is 1020. The third kappa shape index (κ3) is 5.51. The molecule has 30 heavy (non-hydrogen) atoms. The van der Waals surface area contributed by atoms with Gasteiger partial charge in [-0.2, -0.15) is 0 Å². The van der Waals surface area contributed by atoms with E-state index in [1.54, 1.807) is 4.90 Å². The van der Waals surface area contributed by atoms with Crippen LogP contribution in [-0.4, -0.2) is 43.9 Å². The van der Waals surface area contributed by atoms with Crippen molar-refractivity contribution in [2.24, 2.45) is 5.92 Å². The zero-order valence-electron chi connectivity index (χ0n) is 16.0. The molecule has 0 radical (unpaired) electrons. The molecule has 1 heterocycles. The molecule has 0 saturated carbocycles. The van der Waals surface area contributed by atoms with Crippen molar-refractivity contribution < 1.29 is 22.5 Å². The van der Waals surface area contributed by atoms with Crippen LogP contribution in [-0.2, 0) is 10.0 Å². The number of nitro benzene ring substituents is 1. The smallest absolute Gasteiger partial charge is 0.321 e. The van der Waals surface area contributed by atoms with Crippen LogP contribution in [0.25, 0.3) is 0 Å². The van der Waals surface area contributed by atoms with Gasteiger partial charge in [0, 0.05) is 37.5 Å². The Morgan fingerprint density at radius 3 is 2.47 bits per heavy atom. The monoisotopic (exact) mass is 436 g/mol. The summed E-state index contributed by atoms with van der Waals surface area (Å²) in [6, 6.07) is 10.0. The summed E-state index contributed by atoms with van der Waals surface area (Å²) in [6.07, 6.45) is 1.21. The number of piperidine rings is 1. The highest BCUT2D eigenvalue weighted by Gasteiger charge is 2.25. The van der Waals surface area contributed by atoms with Gasteiger partial charge >= 0.3 is 6.03 Å². The molecule has 160 valence electrons. The SMILES string of the molecule is O=C(Nc1ccc(F)cc1)N1CCC(CNS(=O)(=O)c2cccc([N+](=O)[O-])c2)CC1. The second-order valence-corrected chi connectivity index (χ2v) is 8.74. The van der Waals surface area contributed by atoms with Crippen molar-refractivity contribution in [1.29, 1.82) is 0 Å². The molecule has 2 aromatic carbocycles. The van der Waals surface area contributed by atoms with E-state index in [-0.39, 0.29) is 34.9 Å². The Hall–Kier alpha value is -3.05. The van der Waals surface area contributed by atoms with Crippen LogP contribution in [0.2, 0.25) is 0 Å². The first-order valence-corrected chi connectivity index (χ1v) is 10.8. The van der Waals surface area contributed by atoms with Crippen molar-refractivity contribution in [1.82, 2.24) is 9.62 Å². The van der Waals surface area contributed by atoms with E-state index in [1.807, 2.05) is 0 Å². The fourth-order valence-electron chi connectivity index (χ4n) is 3.15. The van der Waals surface area contributed by atoms with E-state index in [0.717, 1.165) is 6.07 Å². The summed E-state index contributed by atoms with van der Waals surface area (Å²) in [7, 11) is -3.87. The summed E-state index contributed by atoms with van der Waals surface area (Å²) >= 11 is 0. The molecule has 0 atom stereocenters. The highest BCUT2D eigenvalue weighted by molar-refractivity contribution is 7.89. The van der Waals surface area contributed by atoms with E-state index in [4.69, 9.17) is 0 Å². The quantitative estimate of drug-likeness (QED) is 0.533. The molecule has 2 N–H and O–H groups in total. The van der Waals surface area contributed by atoms with Gasteiger partial charge in [-0.05, 0) is 49.1 Å². The predicted molar refractivity (Wildman–Crippen MR) is 108 cm³/mol. The number of non-ortho nitro benzene ring substituents is 1. The lowest BCUT2D eigenvalue weighted by Crippen LogP contribution is -2.43. The maximum Gasteiger partial charge on any atom is 0.321 e. The normalized spacial score (nSPS) is 15.0. The molecule has 0 aromatic heterocycles. The first-order valence-electron chi connectivity index (χ1n) is 9.30. The molecule has 0 aliphatic carbocycles. The van der Waals surface area contributed by atoms with Crippen LogP contribution in [0.3, 0.4) is 0 Å². The number of hydrogen-bond donors (Lipinski definition) is 2. The van der Waals surface area contributed by atoms with E-state index in [9.17, 15) is 27.7 Å². The third-order valence-electron chi connectivity index (χ3n) is 4.90. The Labute approximate surface area is 173 Å². The van der Waals surface area contributed by atoms with Crippen molar-refractivity contribution in [3.63, 3.8) is 0 Å². The van der Waals surface area contributed by atoms with Crippen molar-refractivity contribution >= 4 is 27.4 Å². The molecule has 1 aliphatic rings. The third-order valence-corrected chi connectivity index (χ3v) is 6.32. The molecule has 0 spiro atoms. The number of sulfonamides is 1. The van der Waals surface area contributed by atoms with Gasteiger partial charge in [0.25, 0.3) is 5.69 Å². The van der Waals surface area contributed by atoms with E-state index >= 15 is 0 Å². The minimum Gasteiger partial charge on any atom is -0.325 e. The standard InChI is InChI=1S/C19H21FN4O5S/c20-15-4-6-16(7-5-15)22-19(25)23-10-8-14(9-11-23)13-21-30(28,29)18-3-1-2-17(12-18)24(26)27/h1-7,12,14,21H,8-11,13H2,(H,22,25). The Kier molecular flexibility index (Phi) is 6.63. The zero-order chi connectivity index (χ0) is 21.7. The van der Waals surface area contributed by atoms with E-state index in [0.29, 0.717) is 31.6 Å². The maximum absolute atomic E-state index is 12.9. The van der Waals surface area contributed by atoms with Gasteiger partial charge in [-0.1, -0.05) is 6.07 Å². The number of carbonyl (C=O) groups is 1. The lowest BCUT2D eigenvalue weighted by Gasteiger charge is -2.32. The molecule has 3 rings (SSSR count). The summed E-state index contributed by atoms with van der Waals surface area (Å²) in [5.41, 5.74) is 0.201. The second-order valence-electron chi connectivity index (χ2n) is 6.97. The number of nitro groups is 1. The number of halogens is 1. The van der Waals surface area contributed by atoms with Gasteiger partial charge in [0.05, 0.1) is 9.82 Å². The summed E-state index contributed by atoms with van der Waals surface area (Å²) in [5, 5.41) is 13.5. The van der Waals surface area contributed by atoms with Gasteiger partial charge in [0.1, 0.15) is 5.82 Å². The minimum atomic E-state index is -3.87. The van der Waals surface area contributed by atoms with Gasteiger partial charge in [0.2, 0.25) is 10.0 Å². The number of nitrogens with zero attached hydrogens (tertiary/aromatic N) is 2. The number of benzene rings is 2. The van der Waals surface area contributed by atoms with Crippen LogP contribution in [0.5, 0.6) is 0 Å². The fourth-order valence-corrected chi connectivity index (χ4v) is 4.31. The summed E-state index contributed by atoms with van der Waals surface area (Å²) in [4.78, 5) is 24.0. The zero-order valence-corrected chi connectivity index (χ0v) is 16.8. The van der Waals surface area contributed by atoms with Crippen LogP contribution >= 0.6 is 0 Å². The summed E-state index contributed by atoms with van der Waals surface area (Å²) in [6.45, 7) is 1.09. The maximum atomic E-state index is 12.9. The summed E-state index contributed by atoms with van der Waals surface area (Å²) < 4.78 is 40.3. The largest absolute Gasteiger partial charge is 0.325 e. The number of hydrogen-bond acceptors (Lipinski definition) is 5. The van der Waals surface area contributed by atoms with E-state index in [1.165, 1.54) is 42.5 Å². The molecule has 2 aromatic rings. The molecular weight excluding hydrogens is 415 g/mol. The van der Waals surface area contributed by atoms with Crippen molar-refractivity contribution in [3.05, 3.63) is 64.5 Å². The highest BCUT2D eigenvalue weighted by atomic mass is 32.2. The Morgan fingerprint density at radius 1 is 1.17 bits per heavy atom. The van der Waals surface area contributed by atoms with Gasteiger partial charge < -0.3 is 10.2 Å². The van der Waals surface area contributed by atoms with E-state index in [2.05, 4.69) is 10.0 Å². The van der Waals surface area contributed by atoms with Crippen LogP contribution in [0.4, 0.5) is 20.6 Å². The van der Waals surface area contributed by atoms with Crippen LogP contribution < -0.4 is 10.0 Å². The number of carbonyl (C=O) groups excluding carboxylic acids is 1. The summed E-state index contributed by atoms with van der Waals surface area (Å²) in [5.74, 6) is -0.352. The van der Waals surface area contributed by atoms with Crippen molar-refractivity contribution in [2.45, 2.75) is 17.7 Å². The predicted octanol–water partition coefficient (Wildman–Crippen LogP) is 2.96. The molecule has 0 unspecified atom stereocenters. The minimum absolute atomic E-state index is 0.0355. The topological polar surface area (TPSA) is 122 Å². The van der Waals surface area contributed by atoms with Gasteiger partial charge in [-0.3, -0.25) is 10.1 Å². The number of amides is 2. The molecule has 0 bridgehead atoms. The number of urea groups is 1. The molecule has 2 amide bonds. The first kappa shape index (κ1) is 21.7. The van der Waals surface area contributed by atoms with Crippen LogP contribution in [0, 0.1) is 21.8 Å². The molecule has 9 nitrogen and oxygen atoms in total.